The van der Waals surface area contributed by atoms with Crippen molar-refractivity contribution in [3.8, 4) is 0 Å². The van der Waals surface area contributed by atoms with Gasteiger partial charge in [0.1, 0.15) is 6.54 Å². The van der Waals surface area contributed by atoms with Gasteiger partial charge in [-0.15, -0.1) is 0 Å². The maximum atomic E-state index is 11.8. The van der Waals surface area contributed by atoms with Gasteiger partial charge in [-0.05, 0) is 30.5 Å². The van der Waals surface area contributed by atoms with Crippen LogP contribution < -0.4 is 0 Å². The van der Waals surface area contributed by atoms with Crippen molar-refractivity contribution >= 4 is 16.0 Å². The van der Waals surface area contributed by atoms with Crippen LogP contribution in [0.2, 0.25) is 0 Å². The Morgan fingerprint density at radius 3 is 2.56 bits per heavy atom. The van der Waals surface area contributed by atoms with Gasteiger partial charge in [-0.1, -0.05) is 18.2 Å². The Morgan fingerprint density at radius 2 is 2.00 bits per heavy atom. The van der Waals surface area contributed by atoms with Gasteiger partial charge in [0.05, 0.1) is 19.0 Å². The quantitative estimate of drug-likeness (QED) is 0.766. The van der Waals surface area contributed by atoms with Crippen LogP contribution in [-0.2, 0) is 26.1 Å². The first kappa shape index (κ1) is 19.8. The van der Waals surface area contributed by atoms with Crippen LogP contribution in [0.5, 0.6) is 0 Å². The van der Waals surface area contributed by atoms with Gasteiger partial charge in [0, 0.05) is 26.2 Å². The number of aliphatic carboxylic acids is 1. The number of ether oxygens (including phenoxy) is 1. The summed E-state index contributed by atoms with van der Waals surface area (Å²) in [6.07, 6.45) is 0.680. The molecular formula is C17H26N2O5S. The first-order valence-electron chi connectivity index (χ1n) is 8.23. The van der Waals surface area contributed by atoms with Crippen molar-refractivity contribution in [3.05, 3.63) is 34.9 Å². The van der Waals surface area contributed by atoms with E-state index in [1.165, 1.54) is 16.7 Å². The maximum Gasteiger partial charge on any atom is 0.318 e. The van der Waals surface area contributed by atoms with E-state index < -0.39 is 22.5 Å². The number of aryl methyl sites for hydroxylation is 2. The number of sulfonamides is 1. The Balaban J connectivity index is 2.03. The molecule has 0 aromatic heterocycles. The van der Waals surface area contributed by atoms with E-state index in [9.17, 15) is 13.2 Å². The minimum Gasteiger partial charge on any atom is -0.480 e. The van der Waals surface area contributed by atoms with Crippen molar-refractivity contribution in [2.45, 2.75) is 26.5 Å². The summed E-state index contributed by atoms with van der Waals surface area (Å²) in [6, 6.07) is 6.20. The zero-order valence-electron chi connectivity index (χ0n) is 14.9. The fourth-order valence-electron chi connectivity index (χ4n) is 3.05. The predicted molar refractivity (Wildman–Crippen MR) is 95.0 cm³/mol. The minimum atomic E-state index is -3.60. The van der Waals surface area contributed by atoms with Crippen molar-refractivity contribution in [3.63, 3.8) is 0 Å². The molecule has 0 radical (unpaired) electrons. The Hall–Kier alpha value is -1.48. The standard InChI is InChI=1S/C17H26N2O5S/c1-13-5-4-6-14(2)16(13)11-18-7-8-24-15(9-18)10-19(12-17(20)21)25(3,22)23/h4-6,15H,7-12H2,1-3H3,(H,20,21). The van der Waals surface area contributed by atoms with Gasteiger partial charge in [-0.2, -0.15) is 4.31 Å². The average molecular weight is 370 g/mol. The maximum absolute atomic E-state index is 11.8. The van der Waals surface area contributed by atoms with Crippen molar-refractivity contribution in [2.75, 3.05) is 39.0 Å². The van der Waals surface area contributed by atoms with Crippen LogP contribution in [-0.4, -0.2) is 73.8 Å². The summed E-state index contributed by atoms with van der Waals surface area (Å²) in [5.41, 5.74) is 3.73. The molecule has 1 heterocycles. The lowest BCUT2D eigenvalue weighted by molar-refractivity contribution is -0.137. The third kappa shape index (κ3) is 5.78. The molecule has 2 rings (SSSR count). The summed E-state index contributed by atoms with van der Waals surface area (Å²) in [5, 5.41) is 8.93. The van der Waals surface area contributed by atoms with Gasteiger partial charge in [0.25, 0.3) is 0 Å². The summed E-state index contributed by atoms with van der Waals surface area (Å²) in [4.78, 5) is 13.1. The molecule has 25 heavy (non-hydrogen) atoms. The molecule has 7 nitrogen and oxygen atoms in total. The molecule has 1 fully saturated rings. The van der Waals surface area contributed by atoms with E-state index in [0.717, 1.165) is 23.7 Å². The van der Waals surface area contributed by atoms with Crippen LogP contribution in [0.3, 0.4) is 0 Å². The molecule has 0 spiro atoms. The predicted octanol–water partition coefficient (Wildman–Crippen LogP) is 0.850. The highest BCUT2D eigenvalue weighted by atomic mass is 32.2. The highest BCUT2D eigenvalue weighted by Gasteiger charge is 2.28. The van der Waals surface area contributed by atoms with E-state index in [2.05, 4.69) is 30.9 Å². The molecule has 1 aliphatic heterocycles. The molecule has 140 valence electrons. The molecule has 0 bridgehead atoms. The van der Waals surface area contributed by atoms with Crippen molar-refractivity contribution in [2.24, 2.45) is 0 Å². The SMILES string of the molecule is Cc1cccc(C)c1CN1CCOC(CN(CC(=O)O)S(C)(=O)=O)C1. The van der Waals surface area contributed by atoms with Gasteiger partial charge >= 0.3 is 5.97 Å². The van der Waals surface area contributed by atoms with Gasteiger partial charge in [-0.25, -0.2) is 8.42 Å². The van der Waals surface area contributed by atoms with E-state index in [-0.39, 0.29) is 12.6 Å². The molecule has 1 saturated heterocycles. The van der Waals surface area contributed by atoms with E-state index in [1.807, 2.05) is 6.07 Å². The zero-order chi connectivity index (χ0) is 18.6. The number of benzene rings is 1. The smallest absolute Gasteiger partial charge is 0.318 e. The lowest BCUT2D eigenvalue weighted by Gasteiger charge is -2.35. The van der Waals surface area contributed by atoms with Gasteiger partial charge < -0.3 is 9.84 Å². The summed E-state index contributed by atoms with van der Waals surface area (Å²) >= 11 is 0. The summed E-state index contributed by atoms with van der Waals surface area (Å²) in [6.45, 7) is 6.28. The van der Waals surface area contributed by atoms with Crippen LogP contribution >= 0.6 is 0 Å². The molecule has 0 aliphatic carbocycles. The van der Waals surface area contributed by atoms with Crippen molar-refractivity contribution < 1.29 is 23.1 Å². The first-order valence-corrected chi connectivity index (χ1v) is 10.1. The number of carbonyl (C=O) groups is 1. The number of hydrogen-bond acceptors (Lipinski definition) is 5. The second kappa shape index (κ2) is 8.27. The van der Waals surface area contributed by atoms with E-state index >= 15 is 0 Å². The van der Waals surface area contributed by atoms with Crippen molar-refractivity contribution in [1.29, 1.82) is 0 Å². The molecule has 0 amide bonds. The Kier molecular flexibility index (Phi) is 6.56. The lowest BCUT2D eigenvalue weighted by Crippen LogP contribution is -2.49. The normalized spacial score (nSPS) is 19.3. The topological polar surface area (TPSA) is 87.2 Å². The fraction of sp³-hybridized carbons (Fsp3) is 0.588. The Morgan fingerprint density at radius 1 is 1.36 bits per heavy atom. The number of rotatable bonds is 7. The zero-order valence-corrected chi connectivity index (χ0v) is 15.8. The molecule has 1 aliphatic rings. The van der Waals surface area contributed by atoms with Gasteiger partial charge in [0.15, 0.2) is 0 Å². The molecule has 1 N–H and O–H groups in total. The third-order valence-electron chi connectivity index (χ3n) is 4.44. The number of carboxylic acids is 1. The van der Waals surface area contributed by atoms with Gasteiger partial charge in [0.2, 0.25) is 10.0 Å². The highest BCUT2D eigenvalue weighted by molar-refractivity contribution is 7.88. The summed E-state index contributed by atoms with van der Waals surface area (Å²) in [5.74, 6) is -1.17. The minimum absolute atomic E-state index is 0.0500. The Bertz CT molecular complexity index is 699. The molecule has 1 aromatic carbocycles. The number of hydrogen-bond donors (Lipinski definition) is 1. The second-order valence-corrected chi connectivity index (χ2v) is 8.53. The largest absolute Gasteiger partial charge is 0.480 e. The average Bonchev–Trinajstić information content (AvgIpc) is 2.49. The summed E-state index contributed by atoms with van der Waals surface area (Å²) < 4.78 is 30.2. The van der Waals surface area contributed by atoms with Crippen LogP contribution in [0.4, 0.5) is 0 Å². The highest BCUT2D eigenvalue weighted by Crippen LogP contribution is 2.18. The molecule has 1 atom stereocenters. The Labute approximate surface area is 149 Å². The number of morpholine rings is 1. The summed E-state index contributed by atoms with van der Waals surface area (Å²) in [7, 11) is -3.60. The number of nitrogens with zero attached hydrogens (tertiary/aromatic N) is 2. The molecule has 8 heteroatoms. The lowest BCUT2D eigenvalue weighted by atomic mass is 10.0. The van der Waals surface area contributed by atoms with Crippen LogP contribution in [0.1, 0.15) is 16.7 Å². The van der Waals surface area contributed by atoms with Gasteiger partial charge in [-0.3, -0.25) is 9.69 Å². The molecular weight excluding hydrogens is 344 g/mol. The van der Waals surface area contributed by atoms with Crippen LogP contribution in [0, 0.1) is 13.8 Å². The monoisotopic (exact) mass is 370 g/mol. The third-order valence-corrected chi connectivity index (χ3v) is 5.65. The van der Waals surface area contributed by atoms with Crippen molar-refractivity contribution in [1.82, 2.24) is 9.21 Å². The fourth-order valence-corrected chi connectivity index (χ4v) is 3.83. The van der Waals surface area contributed by atoms with E-state index in [4.69, 9.17) is 9.84 Å². The van der Waals surface area contributed by atoms with Crippen LogP contribution in [0.15, 0.2) is 18.2 Å². The van der Waals surface area contributed by atoms with E-state index in [0.29, 0.717) is 13.2 Å². The van der Waals surface area contributed by atoms with Crippen LogP contribution in [0.25, 0.3) is 0 Å². The first-order chi connectivity index (χ1) is 11.7. The van der Waals surface area contributed by atoms with E-state index in [1.54, 1.807) is 0 Å². The molecule has 1 unspecified atom stereocenters. The molecule has 1 aromatic rings. The molecule has 0 saturated carbocycles. The second-order valence-electron chi connectivity index (χ2n) is 6.55. The number of carboxylic acid groups (broad SMARTS) is 1.